The topological polar surface area (TPSA) is 71.4 Å². The van der Waals surface area contributed by atoms with Crippen molar-refractivity contribution in [3.05, 3.63) is 100 Å². The maximum absolute atomic E-state index is 14.2. The summed E-state index contributed by atoms with van der Waals surface area (Å²) < 4.78 is 25.0. The van der Waals surface area contributed by atoms with Crippen molar-refractivity contribution in [2.45, 2.75) is 20.1 Å². The van der Waals surface area contributed by atoms with E-state index in [0.717, 1.165) is 22.3 Å². The monoisotopic (exact) mass is 444 g/mol. The normalized spacial score (nSPS) is 15.9. The van der Waals surface area contributed by atoms with Crippen LogP contribution >= 0.6 is 0 Å². The van der Waals surface area contributed by atoms with Crippen molar-refractivity contribution in [1.29, 1.82) is 0 Å². The van der Waals surface area contributed by atoms with Gasteiger partial charge in [0.15, 0.2) is 12.5 Å². The van der Waals surface area contributed by atoms with E-state index in [1.807, 2.05) is 37.3 Å². The molecule has 0 fully saturated rings. The second kappa shape index (κ2) is 8.18. The van der Waals surface area contributed by atoms with E-state index >= 15 is 0 Å². The number of fused-ring (bicyclic) bond motifs is 2. The minimum absolute atomic E-state index is 0.0586. The lowest BCUT2D eigenvalue weighted by Gasteiger charge is -2.24. The zero-order valence-corrected chi connectivity index (χ0v) is 18.0. The Labute approximate surface area is 190 Å². The fraction of sp³-hybridized carbons (Fsp3) is 0.154. The number of nitrogens with zero attached hydrogens (tertiary/aromatic N) is 2. The van der Waals surface area contributed by atoms with Gasteiger partial charge in [0.25, 0.3) is 5.91 Å². The van der Waals surface area contributed by atoms with Gasteiger partial charge in [0, 0.05) is 16.7 Å². The molecule has 2 heterocycles. The number of anilines is 1. The quantitative estimate of drug-likeness (QED) is 0.464. The Hall–Kier alpha value is -3.97. The second-order valence-electron chi connectivity index (χ2n) is 8.03. The summed E-state index contributed by atoms with van der Waals surface area (Å²) in [6.07, 6.45) is 0. The molecule has 33 heavy (non-hydrogen) atoms. The molecule has 166 valence electrons. The minimum Gasteiger partial charge on any atom is -0.467 e. The number of oxime groups is 1. The number of aryl methyl sites for hydroxylation is 1. The molecule has 3 aromatic carbocycles. The fourth-order valence-corrected chi connectivity index (χ4v) is 4.37. The predicted molar refractivity (Wildman–Crippen MR) is 122 cm³/mol. The molecule has 0 spiro atoms. The third-order valence-electron chi connectivity index (χ3n) is 5.99. The van der Waals surface area contributed by atoms with Gasteiger partial charge in [-0.05, 0) is 53.5 Å². The zero-order valence-electron chi connectivity index (χ0n) is 18.0. The van der Waals surface area contributed by atoms with Gasteiger partial charge in [0.1, 0.15) is 11.6 Å². The largest absolute Gasteiger partial charge is 0.467 e. The Kier molecular flexibility index (Phi) is 5.18. The molecule has 0 bridgehead atoms. The second-order valence-corrected chi connectivity index (χ2v) is 8.03. The number of halogens is 1. The Balaban J connectivity index is 1.54. The van der Waals surface area contributed by atoms with E-state index in [0.29, 0.717) is 28.1 Å². The van der Waals surface area contributed by atoms with Gasteiger partial charge in [0.2, 0.25) is 0 Å². The summed E-state index contributed by atoms with van der Waals surface area (Å²) in [7, 11) is 0. The summed E-state index contributed by atoms with van der Waals surface area (Å²) in [5.41, 5.74) is 5.77. The van der Waals surface area contributed by atoms with E-state index in [2.05, 4.69) is 11.7 Å². The highest BCUT2D eigenvalue weighted by atomic mass is 19.1. The molecular weight excluding hydrogens is 423 g/mol. The average Bonchev–Trinajstić information content (AvgIpc) is 3.08. The van der Waals surface area contributed by atoms with Gasteiger partial charge in [-0.2, -0.15) is 0 Å². The summed E-state index contributed by atoms with van der Waals surface area (Å²) in [5.74, 6) is -0.405. The lowest BCUT2D eigenvalue weighted by Crippen LogP contribution is -2.30. The highest BCUT2D eigenvalue weighted by Gasteiger charge is 2.36. The Morgan fingerprint density at radius 1 is 1.21 bits per heavy atom. The summed E-state index contributed by atoms with van der Waals surface area (Å²) in [6, 6.07) is 16.1. The van der Waals surface area contributed by atoms with E-state index in [1.54, 1.807) is 12.1 Å². The van der Waals surface area contributed by atoms with E-state index in [-0.39, 0.29) is 25.7 Å². The molecule has 7 heteroatoms. The molecule has 0 atom stereocenters. The van der Waals surface area contributed by atoms with Gasteiger partial charge >= 0.3 is 0 Å². The molecule has 0 saturated heterocycles. The number of ether oxygens (including phenoxy) is 2. The summed E-state index contributed by atoms with van der Waals surface area (Å²) >= 11 is 0. The van der Waals surface area contributed by atoms with Crippen LogP contribution in [-0.2, 0) is 22.7 Å². The molecule has 2 aliphatic heterocycles. The first-order valence-electron chi connectivity index (χ1n) is 10.4. The molecule has 1 amide bonds. The molecule has 5 rings (SSSR count). The lowest BCUT2D eigenvalue weighted by molar-refractivity contribution is -0.112. The first-order chi connectivity index (χ1) is 16.0. The van der Waals surface area contributed by atoms with Crippen LogP contribution in [0.2, 0.25) is 0 Å². The molecule has 2 aliphatic rings. The fourth-order valence-electron chi connectivity index (χ4n) is 4.37. The summed E-state index contributed by atoms with van der Waals surface area (Å²) in [4.78, 5) is 14.6. The molecule has 6 nitrogen and oxygen atoms in total. The Morgan fingerprint density at radius 2 is 2.03 bits per heavy atom. The standard InChI is InChI=1S/C26H21FN2O4/c1-15-5-3-4-6-21(15)16(2)17-7-8-23-22(11-17)24(28-31)26(30)29(23)12-18-9-20(27)10-19-13-32-14-33-25(18)19/h3-11,31H,2,12-14H2,1H3/b28-24-. The summed E-state index contributed by atoms with van der Waals surface area (Å²) in [6.45, 7) is 6.58. The molecule has 1 N–H and O–H groups in total. The van der Waals surface area contributed by atoms with Crippen molar-refractivity contribution < 1.29 is 23.9 Å². The van der Waals surface area contributed by atoms with Crippen LogP contribution in [0.3, 0.4) is 0 Å². The first-order valence-corrected chi connectivity index (χ1v) is 10.4. The maximum atomic E-state index is 14.2. The van der Waals surface area contributed by atoms with Crippen LogP contribution in [0.15, 0.2) is 66.3 Å². The summed E-state index contributed by atoms with van der Waals surface area (Å²) in [5, 5.41) is 12.9. The third-order valence-corrected chi connectivity index (χ3v) is 5.99. The molecule has 0 saturated carbocycles. The minimum atomic E-state index is -0.476. The Bertz CT molecular complexity index is 1330. The average molecular weight is 444 g/mol. The number of carbonyl (C=O) groups excluding carboxylic acids is 1. The maximum Gasteiger partial charge on any atom is 0.281 e. The van der Waals surface area contributed by atoms with Crippen molar-refractivity contribution in [1.82, 2.24) is 0 Å². The lowest BCUT2D eigenvalue weighted by atomic mass is 9.94. The zero-order chi connectivity index (χ0) is 23.1. The van der Waals surface area contributed by atoms with Crippen molar-refractivity contribution in [3.63, 3.8) is 0 Å². The van der Waals surface area contributed by atoms with E-state index < -0.39 is 11.7 Å². The van der Waals surface area contributed by atoms with Crippen molar-refractivity contribution in [2.75, 3.05) is 11.7 Å². The highest BCUT2D eigenvalue weighted by Crippen LogP contribution is 2.37. The van der Waals surface area contributed by atoms with Crippen LogP contribution in [0.1, 0.15) is 33.4 Å². The number of rotatable bonds is 4. The van der Waals surface area contributed by atoms with E-state index in [9.17, 15) is 14.4 Å². The smallest absolute Gasteiger partial charge is 0.281 e. The number of amides is 1. The molecule has 0 aromatic heterocycles. The Morgan fingerprint density at radius 3 is 2.82 bits per heavy atom. The van der Waals surface area contributed by atoms with Crippen LogP contribution in [0.5, 0.6) is 5.75 Å². The van der Waals surface area contributed by atoms with Crippen LogP contribution in [0.4, 0.5) is 10.1 Å². The number of benzene rings is 3. The molecule has 3 aromatic rings. The molecule has 0 aliphatic carbocycles. The number of carbonyl (C=O) groups is 1. The van der Waals surface area contributed by atoms with Gasteiger partial charge < -0.3 is 19.6 Å². The third kappa shape index (κ3) is 3.56. The molecular formula is C26H21FN2O4. The van der Waals surface area contributed by atoms with Gasteiger partial charge in [-0.1, -0.05) is 42.1 Å². The van der Waals surface area contributed by atoms with E-state index in [4.69, 9.17) is 9.47 Å². The number of hydrogen-bond donors (Lipinski definition) is 1. The SMILES string of the molecule is C=C(c1ccc2c(c1)/C(=N/O)C(=O)N2Cc1cc(F)cc2c1OCOC2)c1ccccc1C. The van der Waals surface area contributed by atoms with Crippen molar-refractivity contribution in [2.24, 2.45) is 5.16 Å². The van der Waals surface area contributed by atoms with Gasteiger partial charge in [-0.3, -0.25) is 4.79 Å². The predicted octanol–water partition coefficient (Wildman–Crippen LogP) is 4.79. The molecule has 0 radical (unpaired) electrons. The van der Waals surface area contributed by atoms with Gasteiger partial charge in [0.05, 0.1) is 18.8 Å². The van der Waals surface area contributed by atoms with Gasteiger partial charge in [-0.15, -0.1) is 0 Å². The van der Waals surface area contributed by atoms with E-state index in [1.165, 1.54) is 17.0 Å². The molecule has 0 unspecified atom stereocenters. The van der Waals surface area contributed by atoms with Crippen LogP contribution < -0.4 is 9.64 Å². The van der Waals surface area contributed by atoms with Gasteiger partial charge in [-0.25, -0.2) is 4.39 Å². The van der Waals surface area contributed by atoms with Crippen molar-refractivity contribution >= 4 is 22.9 Å². The number of hydrogen-bond acceptors (Lipinski definition) is 5. The first kappa shape index (κ1) is 20.9. The highest BCUT2D eigenvalue weighted by molar-refractivity contribution is 6.54. The van der Waals surface area contributed by atoms with Crippen molar-refractivity contribution in [3.8, 4) is 5.75 Å². The van der Waals surface area contributed by atoms with Crippen LogP contribution in [0.25, 0.3) is 5.57 Å². The van der Waals surface area contributed by atoms with Crippen LogP contribution in [-0.4, -0.2) is 23.6 Å². The van der Waals surface area contributed by atoms with Crippen LogP contribution in [0, 0.1) is 12.7 Å².